The quantitative estimate of drug-likeness (QED) is 0.530. The van der Waals surface area contributed by atoms with E-state index in [-0.39, 0.29) is 0 Å². The van der Waals surface area contributed by atoms with Crippen LogP contribution in [0.3, 0.4) is 0 Å². The van der Waals surface area contributed by atoms with Crippen molar-refractivity contribution in [2.45, 2.75) is 12.5 Å². The number of fused-ring (bicyclic) bond motifs is 1. The van der Waals surface area contributed by atoms with E-state index >= 15 is 0 Å². The van der Waals surface area contributed by atoms with Crippen LogP contribution in [0.5, 0.6) is 0 Å². The van der Waals surface area contributed by atoms with Gasteiger partial charge in [0.2, 0.25) is 0 Å². The number of ether oxygens (including phenoxy) is 2. The lowest BCUT2D eigenvalue weighted by Crippen LogP contribution is -2.24. The number of benzene rings is 2. The third-order valence-electron chi connectivity index (χ3n) is 4.20. The van der Waals surface area contributed by atoms with Gasteiger partial charge >= 0.3 is 11.9 Å². The molecule has 0 radical (unpaired) electrons. The van der Waals surface area contributed by atoms with Crippen molar-refractivity contribution in [2.24, 2.45) is 0 Å². The van der Waals surface area contributed by atoms with Gasteiger partial charge in [-0.3, -0.25) is 9.59 Å². The Morgan fingerprint density at radius 2 is 1.52 bits per heavy atom. The third kappa shape index (κ3) is 3.26. The Balaban J connectivity index is 2.12. The predicted molar refractivity (Wildman–Crippen MR) is 94.3 cm³/mol. The number of para-hydroxylation sites is 1. The highest BCUT2D eigenvalue weighted by Gasteiger charge is 2.33. The molecular weight excluding hydrogens is 318 g/mol. The zero-order valence-electron chi connectivity index (χ0n) is 14.1. The highest BCUT2D eigenvalue weighted by molar-refractivity contribution is 6.04. The van der Waals surface area contributed by atoms with Crippen molar-refractivity contribution in [1.82, 2.24) is 4.57 Å². The summed E-state index contributed by atoms with van der Waals surface area (Å²) in [4.78, 5) is 24.4. The first-order valence-electron chi connectivity index (χ1n) is 7.93. The largest absolute Gasteiger partial charge is 0.468 e. The SMILES string of the molecule is COC(=O)C(C(=O)OC)c1cn(Cc2ccccc2)c2ccccc12. The number of hydrogen-bond acceptors (Lipinski definition) is 4. The molecule has 5 nitrogen and oxygen atoms in total. The molecule has 0 aliphatic carbocycles. The van der Waals surface area contributed by atoms with Gasteiger partial charge in [0.1, 0.15) is 0 Å². The standard InChI is InChI=1S/C20H19NO4/c1-24-19(22)18(20(23)25-2)16-13-21(12-14-8-4-3-5-9-14)17-11-7-6-10-15(16)17/h3-11,13,18H,12H2,1-2H3. The monoisotopic (exact) mass is 337 g/mol. The second kappa shape index (κ2) is 7.21. The molecule has 0 amide bonds. The van der Waals surface area contributed by atoms with Crippen LogP contribution in [0, 0.1) is 0 Å². The number of methoxy groups -OCH3 is 2. The Morgan fingerprint density at radius 3 is 2.16 bits per heavy atom. The second-order valence-corrected chi connectivity index (χ2v) is 5.69. The predicted octanol–water partition coefficient (Wildman–Crippen LogP) is 3.12. The van der Waals surface area contributed by atoms with Gasteiger partial charge in [0.05, 0.1) is 14.2 Å². The fourth-order valence-corrected chi connectivity index (χ4v) is 3.00. The number of carbonyl (C=O) groups excluding carboxylic acids is 2. The molecule has 1 aromatic heterocycles. The maximum atomic E-state index is 12.2. The molecule has 0 atom stereocenters. The first kappa shape index (κ1) is 16.8. The van der Waals surface area contributed by atoms with Crippen LogP contribution in [0.2, 0.25) is 0 Å². The second-order valence-electron chi connectivity index (χ2n) is 5.69. The van der Waals surface area contributed by atoms with Gasteiger partial charge in [-0.1, -0.05) is 48.5 Å². The molecule has 5 heteroatoms. The molecule has 3 rings (SSSR count). The van der Waals surface area contributed by atoms with E-state index in [1.165, 1.54) is 14.2 Å². The van der Waals surface area contributed by atoms with E-state index in [0.29, 0.717) is 12.1 Å². The molecule has 3 aromatic rings. The van der Waals surface area contributed by atoms with Crippen LogP contribution in [-0.4, -0.2) is 30.7 Å². The van der Waals surface area contributed by atoms with Crippen molar-refractivity contribution in [2.75, 3.05) is 14.2 Å². The fraction of sp³-hybridized carbons (Fsp3) is 0.200. The average molecular weight is 337 g/mol. The molecule has 0 aliphatic rings. The maximum absolute atomic E-state index is 12.2. The zero-order chi connectivity index (χ0) is 17.8. The molecule has 0 unspecified atom stereocenters. The van der Waals surface area contributed by atoms with Gasteiger partial charge in [0.15, 0.2) is 5.92 Å². The van der Waals surface area contributed by atoms with E-state index in [9.17, 15) is 9.59 Å². The van der Waals surface area contributed by atoms with Crippen molar-refractivity contribution >= 4 is 22.8 Å². The molecular formula is C20H19NO4. The Morgan fingerprint density at radius 1 is 0.920 bits per heavy atom. The number of carbonyl (C=O) groups is 2. The lowest BCUT2D eigenvalue weighted by molar-refractivity contribution is -0.154. The van der Waals surface area contributed by atoms with Crippen molar-refractivity contribution in [3.63, 3.8) is 0 Å². The molecule has 25 heavy (non-hydrogen) atoms. The van der Waals surface area contributed by atoms with Gasteiger partial charge in [-0.25, -0.2) is 0 Å². The minimum Gasteiger partial charge on any atom is -0.468 e. The number of rotatable bonds is 5. The summed E-state index contributed by atoms with van der Waals surface area (Å²) in [5.74, 6) is -2.36. The fourth-order valence-electron chi connectivity index (χ4n) is 3.00. The summed E-state index contributed by atoms with van der Waals surface area (Å²) in [6, 6.07) is 17.7. The van der Waals surface area contributed by atoms with E-state index in [4.69, 9.17) is 9.47 Å². The minimum absolute atomic E-state index is 0.588. The first-order chi connectivity index (χ1) is 12.2. The molecule has 0 saturated heterocycles. The molecule has 0 N–H and O–H groups in total. The molecule has 128 valence electrons. The van der Waals surface area contributed by atoms with Gasteiger partial charge in [-0.2, -0.15) is 0 Å². The third-order valence-corrected chi connectivity index (χ3v) is 4.20. The lowest BCUT2D eigenvalue weighted by atomic mass is 9.99. The van der Waals surface area contributed by atoms with Crippen molar-refractivity contribution in [3.8, 4) is 0 Å². The Bertz CT molecular complexity index is 882. The summed E-state index contributed by atoms with van der Waals surface area (Å²) in [7, 11) is 2.53. The van der Waals surface area contributed by atoms with Crippen molar-refractivity contribution in [1.29, 1.82) is 0 Å². The van der Waals surface area contributed by atoms with E-state index in [0.717, 1.165) is 16.5 Å². The van der Waals surface area contributed by atoms with Gasteiger partial charge in [0, 0.05) is 29.2 Å². The van der Waals surface area contributed by atoms with E-state index in [2.05, 4.69) is 0 Å². The van der Waals surface area contributed by atoms with Crippen LogP contribution in [-0.2, 0) is 25.6 Å². The van der Waals surface area contributed by atoms with Crippen LogP contribution in [0.15, 0.2) is 60.8 Å². The highest BCUT2D eigenvalue weighted by Crippen LogP contribution is 2.30. The zero-order valence-corrected chi connectivity index (χ0v) is 14.1. The Hall–Kier alpha value is -3.08. The summed E-state index contributed by atoms with van der Waals surface area (Å²) < 4.78 is 11.7. The topological polar surface area (TPSA) is 57.5 Å². The van der Waals surface area contributed by atoms with Crippen molar-refractivity contribution < 1.29 is 19.1 Å². The van der Waals surface area contributed by atoms with Gasteiger partial charge in [-0.05, 0) is 11.6 Å². The van der Waals surface area contributed by atoms with Gasteiger partial charge < -0.3 is 14.0 Å². The normalized spacial score (nSPS) is 10.8. The molecule has 0 saturated carbocycles. The minimum atomic E-state index is -1.10. The van der Waals surface area contributed by atoms with Gasteiger partial charge in [-0.15, -0.1) is 0 Å². The summed E-state index contributed by atoms with van der Waals surface area (Å²) in [6.45, 7) is 0.635. The van der Waals surface area contributed by atoms with E-state index in [1.807, 2.05) is 65.4 Å². The number of hydrogen-bond donors (Lipinski definition) is 0. The summed E-state index contributed by atoms with van der Waals surface area (Å²) in [5, 5.41) is 0.833. The summed E-state index contributed by atoms with van der Waals surface area (Å²) in [5.41, 5.74) is 2.66. The Kier molecular flexibility index (Phi) is 4.84. The summed E-state index contributed by atoms with van der Waals surface area (Å²) >= 11 is 0. The molecule has 0 bridgehead atoms. The number of nitrogens with zero attached hydrogens (tertiary/aromatic N) is 1. The highest BCUT2D eigenvalue weighted by atomic mass is 16.5. The average Bonchev–Trinajstić information content (AvgIpc) is 3.01. The van der Waals surface area contributed by atoms with Crippen LogP contribution < -0.4 is 0 Å². The van der Waals surface area contributed by atoms with Crippen LogP contribution in [0.4, 0.5) is 0 Å². The summed E-state index contributed by atoms with van der Waals surface area (Å²) in [6.07, 6.45) is 1.83. The molecule has 0 aliphatic heterocycles. The van der Waals surface area contributed by atoms with Crippen LogP contribution in [0.25, 0.3) is 10.9 Å². The van der Waals surface area contributed by atoms with Crippen LogP contribution in [0.1, 0.15) is 17.0 Å². The number of esters is 2. The maximum Gasteiger partial charge on any atom is 0.324 e. The molecule has 0 fully saturated rings. The van der Waals surface area contributed by atoms with E-state index in [1.54, 1.807) is 0 Å². The number of aromatic nitrogens is 1. The Labute approximate surface area is 145 Å². The molecule has 1 heterocycles. The lowest BCUT2D eigenvalue weighted by Gasteiger charge is -2.11. The molecule has 2 aromatic carbocycles. The molecule has 0 spiro atoms. The van der Waals surface area contributed by atoms with Gasteiger partial charge in [0.25, 0.3) is 0 Å². The van der Waals surface area contributed by atoms with Crippen LogP contribution >= 0.6 is 0 Å². The van der Waals surface area contributed by atoms with Crippen molar-refractivity contribution in [3.05, 3.63) is 71.9 Å². The first-order valence-corrected chi connectivity index (χ1v) is 7.93. The van der Waals surface area contributed by atoms with E-state index < -0.39 is 17.9 Å². The smallest absolute Gasteiger partial charge is 0.324 e.